The molecular weight excluding hydrogens is 633 g/mol. The molecule has 0 spiro atoms. The lowest BCUT2D eigenvalue weighted by molar-refractivity contribution is 1.11. The van der Waals surface area contributed by atoms with Crippen LogP contribution in [0.4, 0.5) is 0 Å². The minimum atomic E-state index is 0.429. The number of rotatable bonds is 5. The van der Waals surface area contributed by atoms with E-state index in [9.17, 15) is 0 Å². The minimum Gasteiger partial charge on any atom is -0.325 e. The van der Waals surface area contributed by atoms with Crippen molar-refractivity contribution in [3.8, 4) is 16.8 Å². The molecule has 2 heterocycles. The largest absolute Gasteiger partial charge is 0.325 e. The molecule has 0 radical (unpaired) electrons. The van der Waals surface area contributed by atoms with Crippen LogP contribution in [-0.4, -0.2) is 22.4 Å². The fourth-order valence-electron chi connectivity index (χ4n) is 7.35. The summed E-state index contributed by atoms with van der Waals surface area (Å²) in [5.74, 6) is 0. The fourth-order valence-corrected chi connectivity index (χ4v) is 7.35. The summed E-state index contributed by atoms with van der Waals surface area (Å²) in [5.41, 5.74) is 19.7. The molecule has 3 N–H and O–H groups in total. The maximum absolute atomic E-state index is 6.55. The predicted molar refractivity (Wildman–Crippen MR) is 225 cm³/mol. The Morgan fingerprint density at radius 1 is 0.558 bits per heavy atom. The Bertz CT molecular complexity index is 2650. The zero-order valence-corrected chi connectivity index (χ0v) is 29.6. The van der Waals surface area contributed by atoms with Crippen LogP contribution in [0.25, 0.3) is 71.7 Å². The number of para-hydroxylation sites is 3. The molecule has 0 saturated heterocycles. The molecule has 0 unspecified atom stereocenters. The average Bonchev–Trinajstić information content (AvgIpc) is 3.73. The van der Waals surface area contributed by atoms with Gasteiger partial charge in [-0.2, -0.15) is 0 Å². The van der Waals surface area contributed by atoms with E-state index in [4.69, 9.17) is 11.1 Å². The molecule has 0 aliphatic rings. The maximum Gasteiger partial charge on any atom is 0.0547 e. The van der Waals surface area contributed by atoms with Crippen LogP contribution >= 0.6 is 0 Å². The van der Waals surface area contributed by atoms with Crippen molar-refractivity contribution in [3.05, 3.63) is 187 Å². The van der Waals surface area contributed by atoms with Gasteiger partial charge in [0.25, 0.3) is 0 Å². The summed E-state index contributed by atoms with van der Waals surface area (Å²) in [5, 5.41) is 10.5. The highest BCUT2D eigenvalue weighted by atomic mass is 15.0. The Labute approximate surface area is 305 Å². The number of benzene rings is 7. The Hall–Kier alpha value is -6.49. The smallest absolute Gasteiger partial charge is 0.0547 e. The summed E-state index contributed by atoms with van der Waals surface area (Å²) in [4.78, 5) is 0. The molecule has 0 aliphatic heterocycles. The third-order valence-corrected chi connectivity index (χ3v) is 9.74. The molecule has 9 rings (SSSR count). The number of hydrogen-bond donors (Lipinski definition) is 2. The zero-order valence-electron chi connectivity index (χ0n) is 29.6. The number of aromatic nitrogens is 2. The van der Waals surface area contributed by atoms with E-state index in [1.54, 1.807) is 0 Å². The van der Waals surface area contributed by atoms with E-state index in [-0.39, 0.29) is 0 Å². The van der Waals surface area contributed by atoms with Crippen molar-refractivity contribution < 1.29 is 0 Å². The lowest BCUT2D eigenvalue weighted by Gasteiger charge is -2.16. The molecular formula is C48H42N4. The number of aryl methyl sites for hydroxylation is 1. The number of nitrogens with one attached hydrogen (secondary N) is 1. The van der Waals surface area contributed by atoms with Crippen molar-refractivity contribution in [1.82, 2.24) is 9.13 Å². The van der Waals surface area contributed by atoms with Crippen molar-refractivity contribution in [2.24, 2.45) is 5.73 Å². The summed E-state index contributed by atoms with van der Waals surface area (Å²) >= 11 is 0. The molecule has 4 nitrogen and oxygen atoms in total. The van der Waals surface area contributed by atoms with Crippen molar-refractivity contribution in [1.29, 1.82) is 5.41 Å². The van der Waals surface area contributed by atoms with Crippen LogP contribution in [0.5, 0.6) is 0 Å². The molecule has 0 amide bonds. The first-order valence-electron chi connectivity index (χ1n) is 17.6. The summed E-state index contributed by atoms with van der Waals surface area (Å²) < 4.78 is 4.76. The van der Waals surface area contributed by atoms with Crippen molar-refractivity contribution in [2.75, 3.05) is 6.54 Å². The molecule has 4 heteroatoms. The van der Waals surface area contributed by atoms with E-state index in [2.05, 4.69) is 187 Å². The van der Waals surface area contributed by atoms with Crippen molar-refractivity contribution >= 4 is 61.6 Å². The first-order chi connectivity index (χ1) is 25.6. The van der Waals surface area contributed by atoms with Gasteiger partial charge in [0.1, 0.15) is 0 Å². The van der Waals surface area contributed by atoms with Gasteiger partial charge in [-0.15, -0.1) is 0 Å². The predicted octanol–water partition coefficient (Wildman–Crippen LogP) is 12.2. The monoisotopic (exact) mass is 674 g/mol. The zero-order chi connectivity index (χ0) is 36.0. The lowest BCUT2D eigenvalue weighted by Crippen LogP contribution is -2.11. The Morgan fingerprint density at radius 3 is 1.77 bits per heavy atom. The van der Waals surface area contributed by atoms with E-state index in [1.807, 2.05) is 18.2 Å². The summed E-state index contributed by atoms with van der Waals surface area (Å²) in [6.45, 7) is 7.19. The molecule has 0 saturated carbocycles. The summed E-state index contributed by atoms with van der Waals surface area (Å²) in [7, 11) is 0. The molecule has 254 valence electrons. The molecule has 0 atom stereocenters. The first-order valence-corrected chi connectivity index (χ1v) is 17.6. The molecule has 0 aliphatic carbocycles. The van der Waals surface area contributed by atoms with Gasteiger partial charge in [0, 0.05) is 39.5 Å². The van der Waals surface area contributed by atoms with Crippen LogP contribution in [0.1, 0.15) is 18.1 Å². The van der Waals surface area contributed by atoms with Gasteiger partial charge in [-0.3, -0.25) is 0 Å². The van der Waals surface area contributed by atoms with Crippen LogP contribution in [-0.2, 0) is 0 Å². The Balaban J connectivity index is 0.000000416. The molecule has 9 aromatic rings. The second kappa shape index (κ2) is 15.2. The van der Waals surface area contributed by atoms with Gasteiger partial charge in [-0.1, -0.05) is 145 Å². The first kappa shape index (κ1) is 34.0. The average molecular weight is 675 g/mol. The van der Waals surface area contributed by atoms with Crippen LogP contribution in [0, 0.1) is 12.3 Å². The van der Waals surface area contributed by atoms with E-state index in [1.165, 1.54) is 71.4 Å². The maximum atomic E-state index is 6.55. The van der Waals surface area contributed by atoms with Crippen LogP contribution < -0.4 is 5.73 Å². The van der Waals surface area contributed by atoms with Gasteiger partial charge in [0.05, 0.1) is 22.1 Å². The minimum absolute atomic E-state index is 0.429. The van der Waals surface area contributed by atoms with E-state index >= 15 is 0 Å². The number of hydrogen-bond acceptors (Lipinski definition) is 2. The third kappa shape index (κ3) is 6.21. The van der Waals surface area contributed by atoms with Crippen LogP contribution in [0.15, 0.2) is 176 Å². The highest BCUT2D eigenvalue weighted by Gasteiger charge is 2.19. The third-order valence-electron chi connectivity index (χ3n) is 9.74. The molecule has 7 aromatic carbocycles. The highest BCUT2D eigenvalue weighted by Crippen LogP contribution is 2.41. The molecule has 0 fully saturated rings. The van der Waals surface area contributed by atoms with Gasteiger partial charge in [0.15, 0.2) is 0 Å². The van der Waals surface area contributed by atoms with E-state index < -0.39 is 0 Å². The molecule has 52 heavy (non-hydrogen) atoms. The molecule has 0 bridgehead atoms. The molecule has 2 aromatic heterocycles. The second-order valence-electron chi connectivity index (χ2n) is 12.8. The van der Waals surface area contributed by atoms with E-state index in [0.717, 1.165) is 11.4 Å². The van der Waals surface area contributed by atoms with Crippen LogP contribution in [0.2, 0.25) is 0 Å². The highest BCUT2D eigenvalue weighted by molar-refractivity contribution is 6.17. The van der Waals surface area contributed by atoms with Crippen LogP contribution in [0.3, 0.4) is 0 Å². The second-order valence-corrected chi connectivity index (χ2v) is 12.8. The number of fused-ring (bicyclic) bond motifs is 6. The van der Waals surface area contributed by atoms with Gasteiger partial charge in [-0.25, -0.2) is 0 Å². The number of nitrogens with two attached hydrogens (primary N) is 1. The van der Waals surface area contributed by atoms with E-state index in [0.29, 0.717) is 6.54 Å². The lowest BCUT2D eigenvalue weighted by atomic mass is 9.98. The number of nitrogens with zero attached hydrogens (tertiary/aromatic N) is 2. The fraction of sp³-hybridized carbons (Fsp3) is 0.0625. The summed E-state index contributed by atoms with van der Waals surface area (Å²) in [6.07, 6.45) is 0. The van der Waals surface area contributed by atoms with Gasteiger partial charge in [0.2, 0.25) is 0 Å². The standard InChI is InChI=1S/C40H31N3.C7H8.CH3N/c1-27(28-13-4-2-5-14-28)39(26-41)43-35-20-10-8-17-32(35)33-24-23-29(25-38(33)43)31-19-12-22-37-40(31)34-18-9-11-21-36(34)42(37)30-15-6-3-7-16-30;1-7-5-3-2-4-6-7;1-2/h2-25H,26,41H2,1H3;2-6H,1H3;2H,1H2/b39-27-;;. The normalized spacial score (nSPS) is 11.5. The van der Waals surface area contributed by atoms with Gasteiger partial charge < -0.3 is 20.3 Å². The topological polar surface area (TPSA) is 59.7 Å². The Kier molecular flexibility index (Phi) is 9.92. The van der Waals surface area contributed by atoms with Crippen molar-refractivity contribution in [2.45, 2.75) is 13.8 Å². The van der Waals surface area contributed by atoms with Gasteiger partial charge in [-0.05, 0) is 79.2 Å². The quantitative estimate of drug-likeness (QED) is 0.175. The van der Waals surface area contributed by atoms with Crippen molar-refractivity contribution in [3.63, 3.8) is 0 Å². The van der Waals surface area contributed by atoms with Gasteiger partial charge >= 0.3 is 0 Å². The Morgan fingerprint density at radius 2 is 1.12 bits per heavy atom. The number of allylic oxidation sites excluding steroid dienone is 1. The SMILES string of the molecule is C/C(=C(\CN)n1c2ccccc2c2ccc(-c3cccc4c3c3ccccc3n4-c3ccccc3)cc21)c1ccccc1.C=N.Cc1ccccc1. The summed E-state index contributed by atoms with van der Waals surface area (Å²) in [6, 6.07) is 62.4.